The smallest absolute Gasteiger partial charge is 0.339 e. The van der Waals surface area contributed by atoms with Gasteiger partial charge < -0.3 is 15.5 Å². The fourth-order valence-corrected chi connectivity index (χ4v) is 3.08. The van der Waals surface area contributed by atoms with Crippen LogP contribution in [0.25, 0.3) is 10.9 Å². The Morgan fingerprint density at radius 2 is 1.83 bits per heavy atom. The summed E-state index contributed by atoms with van der Waals surface area (Å²) in [4.78, 5) is 28.4. The molecule has 150 valence electrons. The minimum absolute atomic E-state index is 0.0494. The molecule has 29 heavy (non-hydrogen) atoms. The van der Waals surface area contributed by atoms with Crippen molar-refractivity contribution >= 4 is 22.8 Å². The number of nitrogens with one attached hydrogen (secondary N) is 1. The van der Waals surface area contributed by atoms with Crippen molar-refractivity contribution in [1.29, 1.82) is 0 Å². The molecule has 1 amide bonds. The SMILES string of the molecule is CCCCNC(=O)c1cc(C(=O)O)c(O)c2ncc(Cc3ccc(F)cc3)cc12. The summed E-state index contributed by atoms with van der Waals surface area (Å²) in [6, 6.07) is 8.91. The number of fused-ring (bicyclic) bond motifs is 1. The third kappa shape index (κ3) is 4.51. The predicted molar refractivity (Wildman–Crippen MR) is 107 cm³/mol. The first-order valence-electron chi connectivity index (χ1n) is 9.31. The number of unbranched alkanes of at least 4 members (excludes halogenated alkanes) is 1. The van der Waals surface area contributed by atoms with Crippen LogP contribution in [0.3, 0.4) is 0 Å². The van der Waals surface area contributed by atoms with Gasteiger partial charge in [0.05, 0.1) is 0 Å². The summed E-state index contributed by atoms with van der Waals surface area (Å²) in [6.45, 7) is 2.46. The van der Waals surface area contributed by atoms with Crippen molar-refractivity contribution in [2.45, 2.75) is 26.2 Å². The van der Waals surface area contributed by atoms with Gasteiger partial charge in [-0.15, -0.1) is 0 Å². The highest BCUT2D eigenvalue weighted by atomic mass is 19.1. The van der Waals surface area contributed by atoms with Gasteiger partial charge in [-0.3, -0.25) is 9.78 Å². The summed E-state index contributed by atoms with van der Waals surface area (Å²) in [5, 5.41) is 22.8. The summed E-state index contributed by atoms with van der Waals surface area (Å²) < 4.78 is 13.1. The summed E-state index contributed by atoms with van der Waals surface area (Å²) in [7, 11) is 0. The third-order valence-corrected chi connectivity index (χ3v) is 4.62. The van der Waals surface area contributed by atoms with E-state index in [1.165, 1.54) is 24.4 Å². The van der Waals surface area contributed by atoms with Crippen LogP contribution in [-0.4, -0.2) is 33.6 Å². The van der Waals surface area contributed by atoms with Crippen LogP contribution in [0.15, 0.2) is 42.6 Å². The number of carbonyl (C=O) groups is 2. The number of amides is 1. The number of halogens is 1. The van der Waals surface area contributed by atoms with E-state index in [1.807, 2.05) is 6.92 Å². The lowest BCUT2D eigenvalue weighted by Gasteiger charge is -2.12. The zero-order chi connectivity index (χ0) is 21.0. The number of aromatic hydroxyl groups is 1. The molecule has 3 rings (SSSR count). The molecule has 0 aliphatic heterocycles. The van der Waals surface area contributed by atoms with E-state index < -0.39 is 17.6 Å². The van der Waals surface area contributed by atoms with Gasteiger partial charge in [0.2, 0.25) is 0 Å². The second kappa shape index (κ2) is 8.68. The Kier molecular flexibility index (Phi) is 6.07. The maximum Gasteiger partial charge on any atom is 0.339 e. The van der Waals surface area contributed by atoms with Crippen LogP contribution in [0.1, 0.15) is 51.6 Å². The molecule has 0 atom stereocenters. The number of rotatable bonds is 7. The van der Waals surface area contributed by atoms with Crippen molar-refractivity contribution in [3.63, 3.8) is 0 Å². The molecule has 0 fully saturated rings. The molecule has 0 spiro atoms. The van der Waals surface area contributed by atoms with Gasteiger partial charge in [-0.25, -0.2) is 9.18 Å². The van der Waals surface area contributed by atoms with Crippen molar-refractivity contribution in [1.82, 2.24) is 10.3 Å². The first-order valence-corrected chi connectivity index (χ1v) is 9.31. The first-order chi connectivity index (χ1) is 13.9. The lowest BCUT2D eigenvalue weighted by molar-refractivity contribution is 0.0694. The molecule has 0 radical (unpaired) electrons. The van der Waals surface area contributed by atoms with Gasteiger partial charge in [-0.05, 0) is 48.2 Å². The molecule has 0 saturated carbocycles. The largest absolute Gasteiger partial charge is 0.505 e. The molecule has 0 bridgehead atoms. The zero-order valence-electron chi connectivity index (χ0n) is 15.9. The van der Waals surface area contributed by atoms with Gasteiger partial charge in [0.15, 0.2) is 5.75 Å². The van der Waals surface area contributed by atoms with E-state index in [1.54, 1.807) is 18.2 Å². The van der Waals surface area contributed by atoms with Gasteiger partial charge >= 0.3 is 5.97 Å². The number of carbonyl (C=O) groups excluding carboxylic acids is 1. The monoisotopic (exact) mass is 396 g/mol. The molecule has 0 aliphatic rings. The first kappa shape index (κ1) is 20.3. The van der Waals surface area contributed by atoms with Gasteiger partial charge in [0.25, 0.3) is 5.91 Å². The molecule has 2 aromatic carbocycles. The zero-order valence-corrected chi connectivity index (χ0v) is 15.9. The highest BCUT2D eigenvalue weighted by Gasteiger charge is 2.21. The molecule has 0 unspecified atom stereocenters. The van der Waals surface area contributed by atoms with Crippen LogP contribution in [0.5, 0.6) is 5.75 Å². The van der Waals surface area contributed by atoms with E-state index >= 15 is 0 Å². The molecular weight excluding hydrogens is 375 g/mol. The second-order valence-corrected chi connectivity index (χ2v) is 6.78. The number of pyridine rings is 1. The quantitative estimate of drug-likeness (QED) is 0.526. The average Bonchev–Trinajstić information content (AvgIpc) is 2.70. The van der Waals surface area contributed by atoms with Crippen molar-refractivity contribution in [3.05, 3.63) is 70.7 Å². The molecule has 0 saturated heterocycles. The lowest BCUT2D eigenvalue weighted by atomic mass is 9.98. The van der Waals surface area contributed by atoms with Crippen LogP contribution < -0.4 is 5.32 Å². The Balaban J connectivity index is 2.07. The van der Waals surface area contributed by atoms with Crippen LogP contribution in [0.2, 0.25) is 0 Å². The Morgan fingerprint density at radius 3 is 2.48 bits per heavy atom. The van der Waals surface area contributed by atoms with E-state index in [4.69, 9.17) is 0 Å². The Hall–Kier alpha value is -3.48. The van der Waals surface area contributed by atoms with E-state index in [9.17, 15) is 24.2 Å². The maximum absolute atomic E-state index is 13.1. The molecule has 1 heterocycles. The standard InChI is InChI=1S/C22H21FN2O4/c1-2-3-8-24-21(27)17-11-18(22(28)29)20(26)19-16(17)10-14(12-25-19)9-13-4-6-15(23)7-5-13/h4-7,10-12,26H,2-3,8-9H2,1H3,(H,24,27)(H,28,29). The number of hydrogen-bond donors (Lipinski definition) is 3. The normalized spacial score (nSPS) is 10.8. The molecule has 1 aromatic heterocycles. The molecule has 7 heteroatoms. The highest BCUT2D eigenvalue weighted by molar-refractivity contribution is 6.11. The summed E-state index contributed by atoms with van der Waals surface area (Å²) in [6.07, 6.45) is 3.65. The number of hydrogen-bond acceptors (Lipinski definition) is 4. The fraction of sp³-hybridized carbons (Fsp3) is 0.227. The van der Waals surface area contributed by atoms with E-state index in [-0.39, 0.29) is 22.5 Å². The minimum atomic E-state index is -1.34. The minimum Gasteiger partial charge on any atom is -0.505 e. The van der Waals surface area contributed by atoms with Crippen LogP contribution in [-0.2, 0) is 6.42 Å². The van der Waals surface area contributed by atoms with Crippen molar-refractivity contribution in [2.24, 2.45) is 0 Å². The fourth-order valence-electron chi connectivity index (χ4n) is 3.08. The molecule has 0 aliphatic carbocycles. The summed E-state index contributed by atoms with van der Waals surface area (Å²) in [5.74, 6) is -2.58. The van der Waals surface area contributed by atoms with Crippen LogP contribution in [0, 0.1) is 5.82 Å². The number of nitrogens with zero attached hydrogens (tertiary/aromatic N) is 1. The van der Waals surface area contributed by atoms with E-state index in [0.29, 0.717) is 18.4 Å². The number of carboxylic acids is 1. The van der Waals surface area contributed by atoms with Crippen LogP contribution in [0.4, 0.5) is 4.39 Å². The number of phenols is 1. The summed E-state index contributed by atoms with van der Waals surface area (Å²) >= 11 is 0. The highest BCUT2D eigenvalue weighted by Crippen LogP contribution is 2.31. The number of benzene rings is 2. The number of carboxylic acid groups (broad SMARTS) is 1. The third-order valence-electron chi connectivity index (χ3n) is 4.62. The van der Waals surface area contributed by atoms with Crippen LogP contribution >= 0.6 is 0 Å². The topological polar surface area (TPSA) is 99.5 Å². The second-order valence-electron chi connectivity index (χ2n) is 6.78. The maximum atomic E-state index is 13.1. The molecule has 3 N–H and O–H groups in total. The van der Waals surface area contributed by atoms with Crippen molar-refractivity contribution in [2.75, 3.05) is 6.54 Å². The van der Waals surface area contributed by atoms with Crippen molar-refractivity contribution in [3.8, 4) is 5.75 Å². The summed E-state index contributed by atoms with van der Waals surface area (Å²) in [5.41, 5.74) is 1.41. The number of aromatic carboxylic acids is 1. The molecular formula is C22H21FN2O4. The Morgan fingerprint density at radius 1 is 1.10 bits per heavy atom. The van der Waals surface area contributed by atoms with Gasteiger partial charge in [-0.1, -0.05) is 25.5 Å². The molecule has 6 nitrogen and oxygen atoms in total. The molecule has 3 aromatic rings. The van der Waals surface area contributed by atoms with E-state index in [0.717, 1.165) is 24.0 Å². The van der Waals surface area contributed by atoms with Gasteiger partial charge in [0, 0.05) is 23.7 Å². The lowest BCUT2D eigenvalue weighted by Crippen LogP contribution is -2.25. The predicted octanol–water partition coefficient (Wildman–Crippen LogP) is 3.90. The average molecular weight is 396 g/mol. The van der Waals surface area contributed by atoms with Crippen molar-refractivity contribution < 1.29 is 24.2 Å². The van der Waals surface area contributed by atoms with E-state index in [2.05, 4.69) is 10.3 Å². The Bertz CT molecular complexity index is 1060. The van der Waals surface area contributed by atoms with Gasteiger partial charge in [-0.2, -0.15) is 0 Å². The number of aromatic nitrogens is 1. The van der Waals surface area contributed by atoms with Gasteiger partial charge in [0.1, 0.15) is 16.9 Å². The Labute approximate surface area is 167 Å².